The van der Waals surface area contributed by atoms with Gasteiger partial charge in [0.15, 0.2) is 0 Å². The molecule has 1 heterocycles. The van der Waals surface area contributed by atoms with Crippen molar-refractivity contribution in [2.75, 3.05) is 11.9 Å². The first kappa shape index (κ1) is 18.2. The molecule has 4 nitrogen and oxygen atoms in total. The quantitative estimate of drug-likeness (QED) is 0.882. The first-order valence-corrected chi connectivity index (χ1v) is 9.25. The molecule has 0 aliphatic carbocycles. The molecule has 4 heteroatoms. The van der Waals surface area contributed by atoms with Crippen LogP contribution in [0.2, 0.25) is 0 Å². The summed E-state index contributed by atoms with van der Waals surface area (Å²) in [6.07, 6.45) is 1.13. The number of nitrogens with zero attached hydrogens (tertiary/aromatic N) is 1. The predicted octanol–water partition coefficient (Wildman–Crippen LogP) is 4.11. The topological polar surface area (TPSA) is 49.4 Å². The molecule has 0 aromatic heterocycles. The zero-order chi connectivity index (χ0) is 18.7. The third kappa shape index (κ3) is 3.64. The molecule has 0 radical (unpaired) electrons. The molecule has 2 amide bonds. The van der Waals surface area contributed by atoms with Crippen LogP contribution in [0.1, 0.15) is 43.0 Å². The predicted molar refractivity (Wildman–Crippen MR) is 104 cm³/mol. The summed E-state index contributed by atoms with van der Waals surface area (Å²) < 4.78 is 0. The minimum atomic E-state index is -0.307. The summed E-state index contributed by atoms with van der Waals surface area (Å²) in [6, 6.07) is 16.0. The Kier molecular flexibility index (Phi) is 5.40. The van der Waals surface area contributed by atoms with Crippen LogP contribution < -0.4 is 5.32 Å². The summed E-state index contributed by atoms with van der Waals surface area (Å²) >= 11 is 0. The number of benzene rings is 2. The minimum absolute atomic E-state index is 0.0221. The van der Waals surface area contributed by atoms with Gasteiger partial charge < -0.3 is 10.2 Å². The average molecular weight is 350 g/mol. The summed E-state index contributed by atoms with van der Waals surface area (Å²) in [7, 11) is 0. The summed E-state index contributed by atoms with van der Waals surface area (Å²) in [6.45, 7) is 6.56. The number of carbonyl (C=O) groups excluding carboxylic acids is 2. The van der Waals surface area contributed by atoms with E-state index < -0.39 is 0 Å². The zero-order valence-corrected chi connectivity index (χ0v) is 15.7. The molecular formula is C22H26N2O2. The maximum atomic E-state index is 12.8. The molecular weight excluding hydrogens is 324 g/mol. The lowest BCUT2D eigenvalue weighted by molar-refractivity contribution is -0.129. The van der Waals surface area contributed by atoms with E-state index in [1.54, 1.807) is 0 Å². The maximum Gasteiger partial charge on any atom is 0.229 e. The van der Waals surface area contributed by atoms with Crippen LogP contribution in [0, 0.1) is 12.8 Å². The number of carbonyl (C=O) groups is 2. The number of hydrogen-bond acceptors (Lipinski definition) is 2. The van der Waals surface area contributed by atoms with Gasteiger partial charge in [-0.05, 0) is 37.0 Å². The largest absolute Gasteiger partial charge is 0.335 e. The SMILES string of the molecule is CCc1cccc(C)c1NC(=O)[C@H]1CC(=O)N([C@H](C)c2ccccc2)C1. The van der Waals surface area contributed by atoms with Crippen LogP contribution in [0.4, 0.5) is 5.69 Å². The van der Waals surface area contributed by atoms with Gasteiger partial charge in [-0.3, -0.25) is 9.59 Å². The molecule has 2 atom stereocenters. The van der Waals surface area contributed by atoms with E-state index in [0.717, 1.165) is 28.8 Å². The Balaban J connectivity index is 1.72. The normalized spacial score (nSPS) is 18.0. The number of hydrogen-bond donors (Lipinski definition) is 1. The minimum Gasteiger partial charge on any atom is -0.335 e. The number of rotatable bonds is 5. The number of nitrogens with one attached hydrogen (secondary N) is 1. The Hall–Kier alpha value is -2.62. The van der Waals surface area contributed by atoms with E-state index in [1.165, 1.54) is 0 Å². The van der Waals surface area contributed by atoms with Gasteiger partial charge in [0.1, 0.15) is 0 Å². The molecule has 136 valence electrons. The van der Waals surface area contributed by atoms with E-state index in [9.17, 15) is 9.59 Å². The van der Waals surface area contributed by atoms with Gasteiger partial charge >= 0.3 is 0 Å². The lowest BCUT2D eigenvalue weighted by Crippen LogP contribution is -2.30. The Morgan fingerprint density at radius 2 is 1.92 bits per heavy atom. The van der Waals surface area contributed by atoms with Gasteiger partial charge in [0.05, 0.1) is 12.0 Å². The standard InChI is InChI=1S/C22H26N2O2/c1-4-17-12-8-9-15(2)21(17)23-22(26)19-13-20(25)24(14-19)16(3)18-10-6-5-7-11-18/h5-12,16,19H,4,13-14H2,1-3H3,(H,23,26)/t16-,19+/m1/s1. The molecule has 0 spiro atoms. The highest BCUT2D eigenvalue weighted by atomic mass is 16.2. The monoisotopic (exact) mass is 350 g/mol. The number of amides is 2. The number of likely N-dealkylation sites (tertiary alicyclic amines) is 1. The van der Waals surface area contributed by atoms with Gasteiger partial charge in [-0.25, -0.2) is 0 Å². The molecule has 26 heavy (non-hydrogen) atoms. The average Bonchev–Trinajstić information content (AvgIpc) is 3.05. The van der Waals surface area contributed by atoms with Crippen molar-refractivity contribution in [3.8, 4) is 0 Å². The second kappa shape index (κ2) is 7.73. The van der Waals surface area contributed by atoms with Crippen molar-refractivity contribution in [1.82, 2.24) is 4.90 Å². The van der Waals surface area contributed by atoms with Crippen LogP contribution in [0.5, 0.6) is 0 Å². The molecule has 1 aliphatic rings. The summed E-state index contributed by atoms with van der Waals surface area (Å²) in [5.41, 5.74) is 4.16. The van der Waals surface area contributed by atoms with E-state index in [1.807, 2.05) is 67.3 Å². The Morgan fingerprint density at radius 3 is 2.62 bits per heavy atom. The van der Waals surface area contributed by atoms with Crippen LogP contribution in [0.15, 0.2) is 48.5 Å². The molecule has 2 aromatic carbocycles. The Bertz CT molecular complexity index is 801. The molecule has 3 rings (SSSR count). The fourth-order valence-corrected chi connectivity index (χ4v) is 3.62. The molecule has 1 N–H and O–H groups in total. The summed E-state index contributed by atoms with van der Waals surface area (Å²) in [5.74, 6) is -0.329. The second-order valence-electron chi connectivity index (χ2n) is 6.99. The van der Waals surface area contributed by atoms with Crippen molar-refractivity contribution in [2.24, 2.45) is 5.92 Å². The van der Waals surface area contributed by atoms with Gasteiger partial charge in [0.2, 0.25) is 11.8 Å². The van der Waals surface area contributed by atoms with E-state index in [2.05, 4.69) is 12.2 Å². The van der Waals surface area contributed by atoms with E-state index in [4.69, 9.17) is 0 Å². The summed E-state index contributed by atoms with van der Waals surface area (Å²) in [4.78, 5) is 27.1. The third-order valence-corrected chi connectivity index (χ3v) is 5.27. The smallest absolute Gasteiger partial charge is 0.229 e. The third-order valence-electron chi connectivity index (χ3n) is 5.27. The van der Waals surface area contributed by atoms with Crippen LogP contribution in [0.3, 0.4) is 0 Å². The highest BCUT2D eigenvalue weighted by Crippen LogP contribution is 2.30. The van der Waals surface area contributed by atoms with Gasteiger partial charge in [-0.1, -0.05) is 55.5 Å². The van der Waals surface area contributed by atoms with Crippen molar-refractivity contribution in [1.29, 1.82) is 0 Å². The summed E-state index contributed by atoms with van der Waals surface area (Å²) in [5, 5.41) is 3.07. The fourth-order valence-electron chi connectivity index (χ4n) is 3.62. The Labute approximate surface area is 155 Å². The first-order valence-electron chi connectivity index (χ1n) is 9.25. The number of aryl methyl sites for hydroxylation is 2. The van der Waals surface area contributed by atoms with Gasteiger partial charge in [-0.15, -0.1) is 0 Å². The van der Waals surface area contributed by atoms with Crippen molar-refractivity contribution < 1.29 is 9.59 Å². The Morgan fingerprint density at radius 1 is 1.19 bits per heavy atom. The highest BCUT2D eigenvalue weighted by molar-refractivity contribution is 5.98. The molecule has 1 saturated heterocycles. The maximum absolute atomic E-state index is 12.8. The van der Waals surface area contributed by atoms with Crippen molar-refractivity contribution >= 4 is 17.5 Å². The lowest BCUT2D eigenvalue weighted by Gasteiger charge is -2.25. The van der Waals surface area contributed by atoms with Crippen LogP contribution in [0.25, 0.3) is 0 Å². The molecule has 1 aliphatic heterocycles. The van der Waals surface area contributed by atoms with E-state index in [-0.39, 0.29) is 30.2 Å². The van der Waals surface area contributed by atoms with Gasteiger partial charge in [-0.2, -0.15) is 0 Å². The molecule has 0 bridgehead atoms. The van der Waals surface area contributed by atoms with Crippen molar-refractivity contribution in [3.63, 3.8) is 0 Å². The molecule has 2 aromatic rings. The lowest BCUT2D eigenvalue weighted by atomic mass is 10.0. The number of para-hydroxylation sites is 1. The van der Waals surface area contributed by atoms with Crippen LogP contribution >= 0.6 is 0 Å². The first-order chi connectivity index (χ1) is 12.5. The second-order valence-corrected chi connectivity index (χ2v) is 6.99. The van der Waals surface area contributed by atoms with Gasteiger partial charge in [0.25, 0.3) is 0 Å². The molecule has 0 unspecified atom stereocenters. The molecule has 0 saturated carbocycles. The van der Waals surface area contributed by atoms with E-state index in [0.29, 0.717) is 6.54 Å². The zero-order valence-electron chi connectivity index (χ0n) is 15.7. The highest BCUT2D eigenvalue weighted by Gasteiger charge is 2.37. The fraction of sp³-hybridized carbons (Fsp3) is 0.364. The molecule has 1 fully saturated rings. The van der Waals surface area contributed by atoms with Crippen molar-refractivity contribution in [3.05, 3.63) is 65.2 Å². The van der Waals surface area contributed by atoms with Crippen molar-refractivity contribution in [2.45, 2.75) is 39.7 Å². The number of anilines is 1. The van der Waals surface area contributed by atoms with E-state index >= 15 is 0 Å². The van der Waals surface area contributed by atoms with Crippen LogP contribution in [-0.4, -0.2) is 23.3 Å². The van der Waals surface area contributed by atoms with Crippen LogP contribution in [-0.2, 0) is 16.0 Å². The van der Waals surface area contributed by atoms with Gasteiger partial charge in [0, 0.05) is 18.7 Å².